The van der Waals surface area contributed by atoms with E-state index in [-0.39, 0.29) is 11.6 Å². The number of nitrogens with zero attached hydrogens (tertiary/aromatic N) is 3. The fourth-order valence-corrected chi connectivity index (χ4v) is 2.18. The zero-order valence-electron chi connectivity index (χ0n) is 10.3. The molecule has 0 radical (unpaired) electrons. The fourth-order valence-electron chi connectivity index (χ4n) is 2.18. The average Bonchev–Trinajstić information content (AvgIpc) is 2.85. The Labute approximate surface area is 103 Å². The Morgan fingerprint density at radius 3 is 3.06 bits per heavy atom. The molecular weight excluding hydrogens is 234 g/mol. The molecule has 2 unspecified atom stereocenters. The van der Waals surface area contributed by atoms with Crippen LogP contribution in [0.4, 0.5) is 0 Å². The summed E-state index contributed by atoms with van der Waals surface area (Å²) in [5.74, 6) is 1.01. The number of H-pyrrole nitrogens is 1. The predicted molar refractivity (Wildman–Crippen MR) is 64.5 cm³/mol. The van der Waals surface area contributed by atoms with Crippen LogP contribution in [-0.2, 0) is 10.2 Å². The van der Waals surface area contributed by atoms with E-state index in [1.807, 2.05) is 6.92 Å². The molecule has 3 N–H and O–H groups in total. The van der Waals surface area contributed by atoms with Crippen molar-refractivity contribution in [2.24, 2.45) is 5.73 Å². The number of aryl methyl sites for hydroxylation is 1. The van der Waals surface area contributed by atoms with E-state index in [9.17, 15) is 4.79 Å². The molecule has 1 aliphatic rings. The molecule has 3 heterocycles. The zero-order valence-corrected chi connectivity index (χ0v) is 10.3. The second-order valence-electron chi connectivity index (χ2n) is 4.98. The lowest BCUT2D eigenvalue weighted by Gasteiger charge is -2.23. The first-order valence-electron chi connectivity index (χ1n) is 5.81. The summed E-state index contributed by atoms with van der Waals surface area (Å²) in [6.07, 6.45) is 0. The number of ether oxygens (including phenoxy) is 1. The van der Waals surface area contributed by atoms with Crippen molar-refractivity contribution < 1.29 is 4.74 Å². The molecule has 1 saturated heterocycles. The van der Waals surface area contributed by atoms with Gasteiger partial charge in [0.15, 0.2) is 0 Å². The van der Waals surface area contributed by atoms with Crippen LogP contribution in [0.5, 0.6) is 0 Å². The van der Waals surface area contributed by atoms with Crippen molar-refractivity contribution in [2.45, 2.75) is 25.3 Å². The molecule has 0 saturated carbocycles. The van der Waals surface area contributed by atoms with Crippen molar-refractivity contribution in [3.63, 3.8) is 0 Å². The second kappa shape index (κ2) is 3.63. The van der Waals surface area contributed by atoms with E-state index in [0.717, 1.165) is 0 Å². The quantitative estimate of drug-likeness (QED) is 0.699. The van der Waals surface area contributed by atoms with Gasteiger partial charge in [-0.3, -0.25) is 9.89 Å². The standard InChI is InChI=1S/C11H15N5O2/c1-6-3-8(17)16-10(13-6)14-9(15-16)11(2)5-18-4-7(11)12/h3,7H,4-5,12H2,1-2H3,(H,13,14,15). The molecule has 7 nitrogen and oxygen atoms in total. The third kappa shape index (κ3) is 1.48. The van der Waals surface area contributed by atoms with Crippen LogP contribution in [0.15, 0.2) is 10.9 Å². The van der Waals surface area contributed by atoms with Crippen LogP contribution in [0.1, 0.15) is 18.4 Å². The fraction of sp³-hybridized carbons (Fsp3) is 0.545. The molecular formula is C11H15N5O2. The number of aromatic nitrogens is 4. The van der Waals surface area contributed by atoms with Crippen molar-refractivity contribution >= 4 is 5.78 Å². The molecule has 18 heavy (non-hydrogen) atoms. The molecule has 2 aromatic heterocycles. The summed E-state index contributed by atoms with van der Waals surface area (Å²) in [5.41, 5.74) is 6.11. The Bertz CT molecular complexity index is 661. The molecule has 96 valence electrons. The van der Waals surface area contributed by atoms with Crippen molar-refractivity contribution in [1.82, 2.24) is 19.6 Å². The monoisotopic (exact) mass is 249 g/mol. The lowest BCUT2D eigenvalue weighted by Crippen LogP contribution is -2.42. The van der Waals surface area contributed by atoms with Crippen molar-refractivity contribution in [1.29, 1.82) is 0 Å². The van der Waals surface area contributed by atoms with Gasteiger partial charge in [0, 0.05) is 17.8 Å². The number of hydrogen-bond acceptors (Lipinski definition) is 5. The summed E-state index contributed by atoms with van der Waals surface area (Å²) < 4.78 is 6.72. The lowest BCUT2D eigenvalue weighted by atomic mass is 9.85. The largest absolute Gasteiger partial charge is 0.379 e. The topological polar surface area (TPSA) is 98.3 Å². The summed E-state index contributed by atoms with van der Waals surface area (Å²) >= 11 is 0. The lowest BCUT2D eigenvalue weighted by molar-refractivity contribution is 0.178. The van der Waals surface area contributed by atoms with Crippen LogP contribution < -0.4 is 11.3 Å². The Balaban J connectivity index is 2.20. The van der Waals surface area contributed by atoms with Crippen LogP contribution in [0.25, 0.3) is 5.78 Å². The smallest absolute Gasteiger partial charge is 0.274 e. The van der Waals surface area contributed by atoms with E-state index < -0.39 is 5.41 Å². The van der Waals surface area contributed by atoms with Gasteiger partial charge in [-0.2, -0.15) is 9.50 Å². The Morgan fingerprint density at radius 2 is 2.39 bits per heavy atom. The van der Waals surface area contributed by atoms with Crippen molar-refractivity contribution in [2.75, 3.05) is 13.2 Å². The Hall–Kier alpha value is -1.73. The summed E-state index contributed by atoms with van der Waals surface area (Å²) in [6.45, 7) is 4.72. The molecule has 0 bridgehead atoms. The van der Waals surface area contributed by atoms with Gasteiger partial charge in [0.1, 0.15) is 5.82 Å². The highest BCUT2D eigenvalue weighted by atomic mass is 16.5. The van der Waals surface area contributed by atoms with Crippen molar-refractivity contribution in [3.8, 4) is 0 Å². The number of rotatable bonds is 1. The predicted octanol–water partition coefficient (Wildman–Crippen LogP) is -0.659. The van der Waals surface area contributed by atoms with E-state index in [1.54, 1.807) is 6.92 Å². The van der Waals surface area contributed by atoms with Crippen molar-refractivity contribution in [3.05, 3.63) is 27.9 Å². The maximum atomic E-state index is 11.8. The van der Waals surface area contributed by atoms with Gasteiger partial charge < -0.3 is 10.5 Å². The van der Waals surface area contributed by atoms with E-state index >= 15 is 0 Å². The SMILES string of the molecule is Cc1cc(=O)n2[nH]c(C3(C)COCC3N)nc2n1. The van der Waals surface area contributed by atoms with Crippen LogP contribution in [-0.4, -0.2) is 38.8 Å². The van der Waals surface area contributed by atoms with Crippen LogP contribution in [0, 0.1) is 6.92 Å². The first kappa shape index (κ1) is 11.4. The maximum Gasteiger partial charge on any atom is 0.274 e. The molecule has 3 rings (SSSR count). The number of nitrogens with one attached hydrogen (secondary N) is 1. The van der Waals surface area contributed by atoms with Gasteiger partial charge in [-0.05, 0) is 13.8 Å². The summed E-state index contributed by atoms with van der Waals surface area (Å²) in [7, 11) is 0. The van der Waals surface area contributed by atoms with Crippen LogP contribution >= 0.6 is 0 Å². The summed E-state index contributed by atoms with van der Waals surface area (Å²) in [6, 6.07) is 1.32. The van der Waals surface area contributed by atoms with E-state index in [2.05, 4.69) is 15.1 Å². The minimum atomic E-state index is -0.409. The summed E-state index contributed by atoms with van der Waals surface area (Å²) in [5, 5.41) is 2.97. The average molecular weight is 249 g/mol. The minimum Gasteiger partial charge on any atom is -0.379 e. The molecule has 0 spiro atoms. The summed E-state index contributed by atoms with van der Waals surface area (Å²) in [4.78, 5) is 20.4. The van der Waals surface area contributed by atoms with Gasteiger partial charge in [-0.1, -0.05) is 0 Å². The molecule has 0 aliphatic carbocycles. The normalized spacial score (nSPS) is 28.1. The van der Waals surface area contributed by atoms with Gasteiger partial charge in [-0.15, -0.1) is 0 Å². The molecule has 7 heteroatoms. The molecule has 2 atom stereocenters. The van der Waals surface area contributed by atoms with E-state index in [1.165, 1.54) is 10.6 Å². The van der Waals surface area contributed by atoms with Gasteiger partial charge in [0.05, 0.1) is 18.6 Å². The maximum absolute atomic E-state index is 11.8. The number of aromatic amines is 1. The molecule has 1 fully saturated rings. The number of nitrogens with two attached hydrogens (primary N) is 1. The highest BCUT2D eigenvalue weighted by molar-refractivity contribution is 5.30. The molecule has 1 aliphatic heterocycles. The van der Waals surface area contributed by atoms with Crippen LogP contribution in [0.3, 0.4) is 0 Å². The zero-order chi connectivity index (χ0) is 12.9. The molecule has 0 aromatic carbocycles. The highest BCUT2D eigenvalue weighted by Gasteiger charge is 2.42. The first-order chi connectivity index (χ1) is 8.50. The van der Waals surface area contributed by atoms with Gasteiger partial charge in [0.2, 0.25) is 0 Å². The van der Waals surface area contributed by atoms with Gasteiger partial charge in [-0.25, -0.2) is 4.98 Å². The minimum absolute atomic E-state index is 0.144. The van der Waals surface area contributed by atoms with Gasteiger partial charge in [0.25, 0.3) is 11.3 Å². The first-order valence-corrected chi connectivity index (χ1v) is 5.81. The third-order valence-corrected chi connectivity index (χ3v) is 3.52. The number of hydrogen-bond donors (Lipinski definition) is 2. The number of fused-ring (bicyclic) bond motifs is 1. The second-order valence-corrected chi connectivity index (χ2v) is 4.98. The van der Waals surface area contributed by atoms with E-state index in [0.29, 0.717) is 30.5 Å². The molecule has 2 aromatic rings. The Kier molecular flexibility index (Phi) is 2.29. The third-order valence-electron chi connectivity index (χ3n) is 3.52. The van der Waals surface area contributed by atoms with Gasteiger partial charge >= 0.3 is 0 Å². The highest BCUT2D eigenvalue weighted by Crippen LogP contribution is 2.29. The Morgan fingerprint density at radius 1 is 1.61 bits per heavy atom. The molecule has 0 amide bonds. The van der Waals surface area contributed by atoms with E-state index in [4.69, 9.17) is 10.5 Å². The van der Waals surface area contributed by atoms with Crippen LogP contribution in [0.2, 0.25) is 0 Å².